The number of para-hydroxylation sites is 1. The van der Waals surface area contributed by atoms with Crippen molar-refractivity contribution in [3.63, 3.8) is 0 Å². The molecule has 35 heavy (non-hydrogen) atoms. The molecule has 0 bridgehead atoms. The maximum Gasteiger partial charge on any atom is 0.243 e. The van der Waals surface area contributed by atoms with Gasteiger partial charge in [0.2, 0.25) is 10.0 Å². The summed E-state index contributed by atoms with van der Waals surface area (Å²) in [5, 5.41) is 5.27. The van der Waals surface area contributed by atoms with Gasteiger partial charge in [0.15, 0.2) is 5.17 Å². The molecule has 3 aromatic rings. The topological polar surface area (TPSA) is 88.3 Å². The van der Waals surface area contributed by atoms with Crippen molar-refractivity contribution in [1.82, 2.24) is 14.3 Å². The number of amidine groups is 1. The van der Waals surface area contributed by atoms with Crippen LogP contribution in [0.15, 0.2) is 75.7 Å². The molecular weight excluding hydrogens is 482 g/mol. The van der Waals surface area contributed by atoms with Crippen LogP contribution in [0, 0.1) is 13.8 Å². The largest absolute Gasteiger partial charge is 0.379 e. The summed E-state index contributed by atoms with van der Waals surface area (Å²) in [6.07, 6.45) is 0. The molecule has 3 heterocycles. The Kier molecular flexibility index (Phi) is 6.79. The van der Waals surface area contributed by atoms with Gasteiger partial charge in [-0.2, -0.15) is 9.41 Å². The molecular formula is C25H27N5O3S2. The highest BCUT2D eigenvalue weighted by Gasteiger charge is 2.26. The average molecular weight is 510 g/mol. The van der Waals surface area contributed by atoms with E-state index in [1.54, 1.807) is 36.0 Å². The summed E-state index contributed by atoms with van der Waals surface area (Å²) in [7, 11) is -3.52. The molecule has 2 aromatic carbocycles. The second kappa shape index (κ2) is 9.98. The van der Waals surface area contributed by atoms with Crippen LogP contribution in [0.4, 0.5) is 5.69 Å². The number of aryl methyl sites for hydroxylation is 1. The van der Waals surface area contributed by atoms with Crippen LogP contribution in [0.2, 0.25) is 0 Å². The molecule has 0 radical (unpaired) electrons. The van der Waals surface area contributed by atoms with Crippen LogP contribution in [-0.4, -0.2) is 60.2 Å². The van der Waals surface area contributed by atoms with Gasteiger partial charge >= 0.3 is 0 Å². The molecule has 1 aromatic heterocycles. The van der Waals surface area contributed by atoms with E-state index in [0.29, 0.717) is 42.9 Å². The molecule has 0 atom stereocenters. The molecule has 0 saturated carbocycles. The minimum Gasteiger partial charge on any atom is -0.379 e. The number of ether oxygens (including phenoxy) is 1. The quantitative estimate of drug-likeness (QED) is 0.565. The van der Waals surface area contributed by atoms with E-state index in [2.05, 4.69) is 52.1 Å². The van der Waals surface area contributed by atoms with Gasteiger partial charge in [-0.25, -0.2) is 13.4 Å². The van der Waals surface area contributed by atoms with Gasteiger partial charge in [0.05, 0.1) is 29.5 Å². The van der Waals surface area contributed by atoms with Crippen molar-refractivity contribution in [3.05, 3.63) is 77.6 Å². The zero-order valence-corrected chi connectivity index (χ0v) is 21.3. The molecule has 1 fully saturated rings. The summed E-state index contributed by atoms with van der Waals surface area (Å²) in [5.41, 5.74) is 9.24. The maximum atomic E-state index is 12.8. The van der Waals surface area contributed by atoms with E-state index < -0.39 is 10.0 Å². The second-order valence-corrected chi connectivity index (χ2v) is 11.2. The van der Waals surface area contributed by atoms with Gasteiger partial charge in [-0.15, -0.1) is 0 Å². The minimum absolute atomic E-state index is 0.265. The van der Waals surface area contributed by atoms with Gasteiger partial charge in [-0.1, -0.05) is 30.0 Å². The van der Waals surface area contributed by atoms with E-state index in [1.165, 1.54) is 4.31 Å². The molecule has 0 amide bonds. The van der Waals surface area contributed by atoms with Gasteiger partial charge in [-0.3, -0.25) is 5.43 Å². The normalized spacial score (nSPS) is 18.3. The van der Waals surface area contributed by atoms with Gasteiger partial charge in [-0.05, 0) is 56.3 Å². The Hall–Kier alpha value is -2.92. The fourth-order valence-corrected chi connectivity index (χ4v) is 6.47. The van der Waals surface area contributed by atoms with Crippen molar-refractivity contribution >= 4 is 38.4 Å². The summed E-state index contributed by atoms with van der Waals surface area (Å²) >= 11 is 1.57. The Morgan fingerprint density at radius 2 is 1.74 bits per heavy atom. The highest BCUT2D eigenvalue weighted by molar-refractivity contribution is 8.14. The fraction of sp³-hybridized carbons (Fsp3) is 0.280. The highest BCUT2D eigenvalue weighted by Crippen LogP contribution is 2.26. The zero-order chi connectivity index (χ0) is 24.4. The van der Waals surface area contributed by atoms with Crippen LogP contribution >= 0.6 is 11.8 Å². The lowest BCUT2D eigenvalue weighted by Crippen LogP contribution is -2.40. The number of rotatable bonds is 5. The van der Waals surface area contributed by atoms with E-state index in [0.717, 1.165) is 28.4 Å². The molecule has 2 aliphatic heterocycles. The molecule has 10 heteroatoms. The molecule has 8 nitrogen and oxygen atoms in total. The first-order chi connectivity index (χ1) is 16.9. The predicted octanol–water partition coefficient (Wildman–Crippen LogP) is 3.84. The highest BCUT2D eigenvalue weighted by atomic mass is 32.2. The van der Waals surface area contributed by atoms with Gasteiger partial charge in [0, 0.05) is 41.5 Å². The number of aliphatic imine (C=N–C) groups is 1. The van der Waals surface area contributed by atoms with Crippen molar-refractivity contribution < 1.29 is 13.2 Å². The van der Waals surface area contributed by atoms with E-state index >= 15 is 0 Å². The Balaban J connectivity index is 1.31. The predicted molar refractivity (Wildman–Crippen MR) is 140 cm³/mol. The Morgan fingerprint density at radius 1 is 1.03 bits per heavy atom. The van der Waals surface area contributed by atoms with Crippen molar-refractivity contribution in [2.75, 3.05) is 32.1 Å². The van der Waals surface area contributed by atoms with Crippen LogP contribution in [-0.2, 0) is 14.8 Å². The number of hydrogen-bond acceptors (Lipinski definition) is 6. The smallest absolute Gasteiger partial charge is 0.243 e. The lowest BCUT2D eigenvalue weighted by atomic mass is 10.1. The lowest BCUT2D eigenvalue weighted by molar-refractivity contribution is 0.0730. The number of nitrogens with one attached hydrogen (secondary N) is 1. The molecule has 1 N–H and O–H groups in total. The standard InChI is InChI=1S/C25H27N5O3S2/c1-18-16-23(19(2)30(18)21-6-4-3-5-7-21)24-17-34-25(28-27-24)26-20-8-10-22(11-9-20)35(31,32)29-12-14-33-15-13-29/h3-11,16H,12-15,17H2,1-2H3,(H,26,28). The molecule has 2 aliphatic rings. The molecule has 0 spiro atoms. The summed E-state index contributed by atoms with van der Waals surface area (Å²) in [5.74, 6) is 0.689. The van der Waals surface area contributed by atoms with Crippen LogP contribution in [0.3, 0.4) is 0 Å². The monoisotopic (exact) mass is 509 g/mol. The third kappa shape index (κ3) is 4.92. The Bertz CT molecular complexity index is 1370. The number of hydrogen-bond donors (Lipinski definition) is 1. The second-order valence-electron chi connectivity index (χ2n) is 8.34. The minimum atomic E-state index is -3.52. The number of hydrazone groups is 1. The molecule has 1 saturated heterocycles. The lowest BCUT2D eigenvalue weighted by Gasteiger charge is -2.26. The zero-order valence-electron chi connectivity index (χ0n) is 19.6. The van der Waals surface area contributed by atoms with Crippen molar-refractivity contribution in [2.24, 2.45) is 10.1 Å². The van der Waals surface area contributed by atoms with Crippen LogP contribution in [0.1, 0.15) is 17.0 Å². The summed E-state index contributed by atoms with van der Waals surface area (Å²) in [6.45, 7) is 5.81. The van der Waals surface area contributed by atoms with Crippen molar-refractivity contribution in [1.29, 1.82) is 0 Å². The molecule has 182 valence electrons. The van der Waals surface area contributed by atoms with Crippen molar-refractivity contribution in [2.45, 2.75) is 18.7 Å². The maximum absolute atomic E-state index is 12.8. The fourth-order valence-electron chi connectivity index (χ4n) is 4.29. The Morgan fingerprint density at radius 3 is 2.40 bits per heavy atom. The van der Waals surface area contributed by atoms with E-state index in [9.17, 15) is 8.42 Å². The third-order valence-electron chi connectivity index (χ3n) is 6.06. The molecule has 0 unspecified atom stereocenters. The van der Waals surface area contributed by atoms with E-state index in [-0.39, 0.29) is 4.90 Å². The van der Waals surface area contributed by atoms with Gasteiger partial charge in [0.25, 0.3) is 0 Å². The van der Waals surface area contributed by atoms with Crippen LogP contribution in [0.25, 0.3) is 5.69 Å². The van der Waals surface area contributed by atoms with Gasteiger partial charge in [0.1, 0.15) is 0 Å². The summed E-state index contributed by atoms with van der Waals surface area (Å²) in [6, 6.07) is 19.1. The van der Waals surface area contributed by atoms with E-state index in [4.69, 9.17) is 4.74 Å². The van der Waals surface area contributed by atoms with Crippen molar-refractivity contribution in [3.8, 4) is 5.69 Å². The Labute approximate surface area is 209 Å². The van der Waals surface area contributed by atoms with Crippen LogP contribution < -0.4 is 5.43 Å². The third-order valence-corrected chi connectivity index (χ3v) is 8.85. The summed E-state index contributed by atoms with van der Waals surface area (Å²) in [4.78, 5) is 4.87. The van der Waals surface area contributed by atoms with Gasteiger partial charge < -0.3 is 9.30 Å². The SMILES string of the molecule is Cc1cc(C2=NNC(=Nc3ccc(S(=O)(=O)N4CCOCC4)cc3)SC2)c(C)n1-c1ccccc1. The molecule has 5 rings (SSSR count). The first kappa shape index (κ1) is 23.8. The van der Waals surface area contributed by atoms with Crippen LogP contribution in [0.5, 0.6) is 0 Å². The summed E-state index contributed by atoms with van der Waals surface area (Å²) < 4.78 is 34.6. The number of thioether (sulfide) groups is 1. The number of nitrogens with zero attached hydrogens (tertiary/aromatic N) is 4. The number of morpholine rings is 1. The van der Waals surface area contributed by atoms with E-state index in [1.807, 2.05) is 18.2 Å². The first-order valence-corrected chi connectivity index (χ1v) is 13.8. The molecule has 0 aliphatic carbocycles. The first-order valence-electron chi connectivity index (χ1n) is 11.4. The average Bonchev–Trinajstić information content (AvgIpc) is 3.19. The number of sulfonamides is 1. The number of benzene rings is 2. The number of aromatic nitrogens is 1.